The first kappa shape index (κ1) is 13.2. The molecule has 0 bridgehead atoms. The van der Waals surface area contributed by atoms with Gasteiger partial charge in [0.1, 0.15) is 5.75 Å². The molecule has 1 heterocycles. The van der Waals surface area contributed by atoms with Gasteiger partial charge in [-0.2, -0.15) is 0 Å². The smallest absolute Gasteiger partial charge is 0.251 e. The predicted molar refractivity (Wildman–Crippen MR) is 72.3 cm³/mol. The van der Waals surface area contributed by atoms with Gasteiger partial charge in [0.2, 0.25) is 0 Å². The van der Waals surface area contributed by atoms with Gasteiger partial charge in [-0.1, -0.05) is 0 Å². The molecule has 2 aromatic rings. The van der Waals surface area contributed by atoms with Crippen molar-refractivity contribution >= 4 is 5.91 Å². The van der Waals surface area contributed by atoms with Crippen molar-refractivity contribution in [1.82, 2.24) is 5.32 Å². The third-order valence-electron chi connectivity index (χ3n) is 2.85. The number of hydrogen-bond donors (Lipinski definition) is 1. The van der Waals surface area contributed by atoms with Crippen LogP contribution in [0.1, 0.15) is 22.8 Å². The maximum absolute atomic E-state index is 12.0. The number of methoxy groups -OCH3 is 1. The number of carbonyl (C=O) groups is 1. The lowest BCUT2D eigenvalue weighted by Gasteiger charge is -2.13. The van der Waals surface area contributed by atoms with E-state index in [4.69, 9.17) is 9.15 Å². The third kappa shape index (κ3) is 3.61. The lowest BCUT2D eigenvalue weighted by atomic mass is 10.1. The second-order valence-corrected chi connectivity index (χ2v) is 4.44. The highest BCUT2D eigenvalue weighted by atomic mass is 16.5. The summed E-state index contributed by atoms with van der Waals surface area (Å²) >= 11 is 0. The van der Waals surface area contributed by atoms with E-state index in [1.54, 1.807) is 43.9 Å². The Morgan fingerprint density at radius 2 is 2.05 bits per heavy atom. The van der Waals surface area contributed by atoms with Crippen LogP contribution in [-0.2, 0) is 6.42 Å². The highest BCUT2D eigenvalue weighted by Gasteiger charge is 2.10. The van der Waals surface area contributed by atoms with Crippen LogP contribution in [0.4, 0.5) is 0 Å². The fourth-order valence-corrected chi connectivity index (χ4v) is 1.86. The Hall–Kier alpha value is -2.23. The summed E-state index contributed by atoms with van der Waals surface area (Å²) in [6.45, 7) is 1.97. The van der Waals surface area contributed by atoms with Crippen molar-refractivity contribution in [2.24, 2.45) is 0 Å². The standard InChI is InChI=1S/C15H17NO3/c1-11(9-12-7-8-19-10-12)16-15(17)13-3-5-14(18-2)6-4-13/h3-8,10-11H,9H2,1-2H3,(H,16,17). The summed E-state index contributed by atoms with van der Waals surface area (Å²) in [6, 6.07) is 8.99. The summed E-state index contributed by atoms with van der Waals surface area (Å²) in [5.74, 6) is 0.654. The average Bonchev–Trinajstić information content (AvgIpc) is 2.91. The molecule has 0 saturated heterocycles. The Kier molecular flexibility index (Phi) is 4.23. The lowest BCUT2D eigenvalue weighted by Crippen LogP contribution is -2.33. The van der Waals surface area contributed by atoms with Crippen molar-refractivity contribution in [2.45, 2.75) is 19.4 Å². The minimum atomic E-state index is -0.0846. The van der Waals surface area contributed by atoms with Crippen LogP contribution in [0, 0.1) is 0 Å². The molecule has 1 aromatic heterocycles. The van der Waals surface area contributed by atoms with Crippen LogP contribution < -0.4 is 10.1 Å². The van der Waals surface area contributed by atoms with Gasteiger partial charge in [-0.15, -0.1) is 0 Å². The van der Waals surface area contributed by atoms with Gasteiger partial charge in [-0.25, -0.2) is 0 Å². The summed E-state index contributed by atoms with van der Waals surface area (Å²) in [6.07, 6.45) is 4.07. The number of hydrogen-bond acceptors (Lipinski definition) is 3. The van der Waals surface area contributed by atoms with E-state index < -0.39 is 0 Å². The average molecular weight is 259 g/mol. The highest BCUT2D eigenvalue weighted by molar-refractivity contribution is 5.94. The molecule has 19 heavy (non-hydrogen) atoms. The maximum Gasteiger partial charge on any atom is 0.251 e. The van der Waals surface area contributed by atoms with Crippen LogP contribution in [0.15, 0.2) is 47.3 Å². The zero-order valence-corrected chi connectivity index (χ0v) is 11.1. The van der Waals surface area contributed by atoms with Crippen molar-refractivity contribution in [3.63, 3.8) is 0 Å². The molecular weight excluding hydrogens is 242 g/mol. The van der Waals surface area contributed by atoms with Crippen molar-refractivity contribution < 1.29 is 13.9 Å². The monoisotopic (exact) mass is 259 g/mol. The van der Waals surface area contributed by atoms with Crippen LogP contribution in [0.3, 0.4) is 0 Å². The molecule has 2 rings (SSSR count). The molecule has 0 spiro atoms. The van der Waals surface area contributed by atoms with E-state index >= 15 is 0 Å². The molecule has 0 saturated carbocycles. The molecule has 4 nitrogen and oxygen atoms in total. The van der Waals surface area contributed by atoms with Gasteiger partial charge >= 0.3 is 0 Å². The predicted octanol–water partition coefficient (Wildman–Crippen LogP) is 2.65. The van der Waals surface area contributed by atoms with Crippen molar-refractivity contribution in [2.75, 3.05) is 7.11 Å². The normalized spacial score (nSPS) is 11.9. The summed E-state index contributed by atoms with van der Waals surface area (Å²) in [7, 11) is 1.60. The summed E-state index contributed by atoms with van der Waals surface area (Å²) in [5, 5.41) is 2.95. The van der Waals surface area contributed by atoms with E-state index in [-0.39, 0.29) is 11.9 Å². The maximum atomic E-state index is 12.0. The first-order valence-corrected chi connectivity index (χ1v) is 6.15. The van der Waals surface area contributed by atoms with Crippen molar-refractivity contribution in [3.05, 3.63) is 54.0 Å². The molecule has 0 aliphatic carbocycles. The number of rotatable bonds is 5. The molecule has 0 fully saturated rings. The van der Waals surface area contributed by atoms with Gasteiger partial charge in [0.25, 0.3) is 5.91 Å². The largest absolute Gasteiger partial charge is 0.497 e. The van der Waals surface area contributed by atoms with E-state index in [0.717, 1.165) is 17.7 Å². The first-order chi connectivity index (χ1) is 9.19. The third-order valence-corrected chi connectivity index (χ3v) is 2.85. The van der Waals surface area contributed by atoms with E-state index in [0.29, 0.717) is 5.56 Å². The summed E-state index contributed by atoms with van der Waals surface area (Å²) in [5.41, 5.74) is 1.70. The van der Waals surface area contributed by atoms with E-state index in [1.165, 1.54) is 0 Å². The van der Waals surface area contributed by atoms with Crippen LogP contribution in [0.2, 0.25) is 0 Å². The fraction of sp³-hybridized carbons (Fsp3) is 0.267. The Labute approximate surface area is 112 Å². The van der Waals surface area contributed by atoms with Crippen LogP contribution in [-0.4, -0.2) is 19.1 Å². The highest BCUT2D eigenvalue weighted by Crippen LogP contribution is 2.11. The SMILES string of the molecule is COc1ccc(C(=O)NC(C)Cc2ccoc2)cc1. The molecule has 1 N–H and O–H groups in total. The number of nitrogens with one attached hydrogen (secondary N) is 1. The van der Waals surface area contributed by atoms with E-state index in [2.05, 4.69) is 5.32 Å². The molecule has 1 aromatic carbocycles. The van der Waals surface area contributed by atoms with Gasteiger partial charge in [-0.3, -0.25) is 4.79 Å². The van der Waals surface area contributed by atoms with Crippen LogP contribution >= 0.6 is 0 Å². The molecule has 1 atom stereocenters. The lowest BCUT2D eigenvalue weighted by molar-refractivity contribution is 0.0940. The Morgan fingerprint density at radius 1 is 1.32 bits per heavy atom. The number of benzene rings is 1. The van der Waals surface area contributed by atoms with Crippen molar-refractivity contribution in [1.29, 1.82) is 0 Å². The van der Waals surface area contributed by atoms with E-state index in [1.807, 2.05) is 13.0 Å². The van der Waals surface area contributed by atoms with Crippen LogP contribution in [0.25, 0.3) is 0 Å². The van der Waals surface area contributed by atoms with Gasteiger partial charge < -0.3 is 14.5 Å². The van der Waals surface area contributed by atoms with Crippen LogP contribution in [0.5, 0.6) is 5.75 Å². The molecule has 1 amide bonds. The van der Waals surface area contributed by atoms with Gasteiger partial charge in [0.05, 0.1) is 19.6 Å². The van der Waals surface area contributed by atoms with Gasteiger partial charge in [-0.05, 0) is 49.2 Å². The molecule has 0 radical (unpaired) electrons. The number of amides is 1. The molecule has 100 valence electrons. The molecular formula is C15H17NO3. The van der Waals surface area contributed by atoms with Gasteiger partial charge in [0.15, 0.2) is 0 Å². The summed E-state index contributed by atoms with van der Waals surface area (Å²) in [4.78, 5) is 12.0. The topological polar surface area (TPSA) is 51.5 Å². The number of furan rings is 1. The number of ether oxygens (including phenoxy) is 1. The Bertz CT molecular complexity index is 517. The zero-order valence-electron chi connectivity index (χ0n) is 11.1. The minimum Gasteiger partial charge on any atom is -0.497 e. The van der Waals surface area contributed by atoms with Gasteiger partial charge in [0, 0.05) is 11.6 Å². The Morgan fingerprint density at radius 3 is 2.63 bits per heavy atom. The quantitative estimate of drug-likeness (QED) is 0.898. The molecule has 1 unspecified atom stereocenters. The first-order valence-electron chi connectivity index (χ1n) is 6.15. The molecule has 0 aliphatic heterocycles. The van der Waals surface area contributed by atoms with E-state index in [9.17, 15) is 4.79 Å². The van der Waals surface area contributed by atoms with Crippen molar-refractivity contribution in [3.8, 4) is 5.75 Å². The zero-order chi connectivity index (χ0) is 13.7. The molecule has 4 heteroatoms. The second kappa shape index (κ2) is 6.09. The second-order valence-electron chi connectivity index (χ2n) is 4.44. The fourth-order valence-electron chi connectivity index (χ4n) is 1.86. The Balaban J connectivity index is 1.92. The molecule has 0 aliphatic rings. The minimum absolute atomic E-state index is 0.0483. The number of carbonyl (C=O) groups excluding carboxylic acids is 1. The summed E-state index contributed by atoms with van der Waals surface area (Å²) < 4.78 is 10.1.